The second kappa shape index (κ2) is 5.59. The van der Waals surface area contributed by atoms with Crippen molar-refractivity contribution in [2.24, 2.45) is 0 Å². The van der Waals surface area contributed by atoms with Crippen molar-refractivity contribution in [3.8, 4) is 5.75 Å². The summed E-state index contributed by atoms with van der Waals surface area (Å²) >= 11 is 3.29. The van der Waals surface area contributed by atoms with Crippen LogP contribution < -0.4 is 4.74 Å². The van der Waals surface area contributed by atoms with Crippen LogP contribution in [0, 0.1) is 10.1 Å². The molecule has 0 saturated carbocycles. The third kappa shape index (κ3) is 3.04. The van der Waals surface area contributed by atoms with Crippen molar-refractivity contribution in [3.63, 3.8) is 0 Å². The van der Waals surface area contributed by atoms with Gasteiger partial charge in [0.1, 0.15) is 12.4 Å². The van der Waals surface area contributed by atoms with E-state index in [1.165, 1.54) is 12.1 Å². The Kier molecular flexibility index (Phi) is 3.88. The lowest BCUT2D eigenvalue weighted by Gasteiger charge is -2.07. The van der Waals surface area contributed by atoms with Crippen LogP contribution >= 0.6 is 15.9 Å². The number of pyridine rings is 1. The van der Waals surface area contributed by atoms with Gasteiger partial charge in [0.2, 0.25) is 0 Å². The molecule has 1 aromatic carbocycles. The molecule has 5 nitrogen and oxygen atoms in total. The molecule has 0 aliphatic heterocycles. The second-order valence-electron chi connectivity index (χ2n) is 3.52. The van der Waals surface area contributed by atoms with Gasteiger partial charge in [-0.15, -0.1) is 0 Å². The van der Waals surface area contributed by atoms with Crippen LogP contribution in [0.4, 0.5) is 5.69 Å². The zero-order valence-corrected chi connectivity index (χ0v) is 10.8. The fourth-order valence-corrected chi connectivity index (χ4v) is 1.72. The molecular weight excluding hydrogens is 300 g/mol. The highest BCUT2D eigenvalue weighted by Gasteiger charge is 2.10. The van der Waals surface area contributed by atoms with Crippen LogP contribution in [0.2, 0.25) is 0 Å². The number of rotatable bonds is 4. The molecule has 0 radical (unpaired) electrons. The first-order chi connectivity index (χ1) is 8.66. The van der Waals surface area contributed by atoms with E-state index in [1.807, 2.05) is 6.07 Å². The number of ether oxygens (including phenoxy) is 1. The summed E-state index contributed by atoms with van der Waals surface area (Å²) in [6, 6.07) is 8.08. The lowest BCUT2D eigenvalue weighted by atomic mass is 10.3. The molecule has 18 heavy (non-hydrogen) atoms. The number of non-ortho nitro benzene ring substituents is 1. The number of hydrogen-bond donors (Lipinski definition) is 0. The van der Waals surface area contributed by atoms with Crippen LogP contribution in [-0.4, -0.2) is 9.91 Å². The fraction of sp³-hybridized carbons (Fsp3) is 0.0833. The number of aromatic nitrogens is 1. The maximum Gasteiger partial charge on any atom is 0.273 e. The molecule has 0 bridgehead atoms. The molecule has 92 valence electrons. The zero-order valence-electron chi connectivity index (χ0n) is 9.25. The van der Waals surface area contributed by atoms with Gasteiger partial charge in [-0.3, -0.25) is 15.1 Å². The summed E-state index contributed by atoms with van der Waals surface area (Å²) in [4.78, 5) is 14.2. The van der Waals surface area contributed by atoms with E-state index in [0.717, 1.165) is 5.56 Å². The van der Waals surface area contributed by atoms with Crippen molar-refractivity contribution in [2.75, 3.05) is 0 Å². The van der Waals surface area contributed by atoms with Crippen molar-refractivity contribution >= 4 is 21.6 Å². The lowest BCUT2D eigenvalue weighted by Crippen LogP contribution is -1.97. The zero-order chi connectivity index (χ0) is 13.0. The van der Waals surface area contributed by atoms with Crippen LogP contribution in [0.15, 0.2) is 47.2 Å². The molecule has 2 aromatic rings. The van der Waals surface area contributed by atoms with Gasteiger partial charge in [0.25, 0.3) is 5.69 Å². The lowest BCUT2D eigenvalue weighted by molar-refractivity contribution is -0.385. The normalized spacial score (nSPS) is 10.1. The van der Waals surface area contributed by atoms with E-state index >= 15 is 0 Å². The standard InChI is InChI=1S/C12H9BrN2O3/c13-11-4-3-10(15(16)17)6-12(11)18-8-9-2-1-5-14-7-9/h1-7H,8H2. The maximum absolute atomic E-state index is 10.7. The van der Waals surface area contributed by atoms with Crippen LogP contribution in [0.1, 0.15) is 5.56 Å². The quantitative estimate of drug-likeness (QED) is 0.642. The molecule has 0 atom stereocenters. The number of nitro groups is 1. The largest absolute Gasteiger partial charge is 0.487 e. The summed E-state index contributed by atoms with van der Waals surface area (Å²) in [6.07, 6.45) is 3.36. The first-order valence-corrected chi connectivity index (χ1v) is 5.92. The minimum absolute atomic E-state index is 0.000568. The molecule has 1 heterocycles. The smallest absolute Gasteiger partial charge is 0.273 e. The molecule has 0 N–H and O–H groups in total. The molecule has 6 heteroatoms. The molecule has 0 saturated heterocycles. The van der Waals surface area contributed by atoms with Crippen molar-refractivity contribution in [1.29, 1.82) is 0 Å². The van der Waals surface area contributed by atoms with Gasteiger partial charge in [0.05, 0.1) is 15.5 Å². The fourth-order valence-electron chi connectivity index (χ4n) is 1.36. The minimum atomic E-state index is -0.455. The molecule has 0 fully saturated rings. The van der Waals surface area contributed by atoms with E-state index in [1.54, 1.807) is 24.5 Å². The highest BCUT2D eigenvalue weighted by Crippen LogP contribution is 2.29. The molecule has 0 spiro atoms. The summed E-state index contributed by atoms with van der Waals surface area (Å²) < 4.78 is 6.20. The van der Waals surface area contributed by atoms with E-state index in [9.17, 15) is 10.1 Å². The van der Waals surface area contributed by atoms with Crippen molar-refractivity contribution in [3.05, 3.63) is 62.9 Å². The Bertz CT molecular complexity index is 561. The average molecular weight is 309 g/mol. The Morgan fingerprint density at radius 3 is 2.89 bits per heavy atom. The molecular formula is C12H9BrN2O3. The van der Waals surface area contributed by atoms with E-state index in [4.69, 9.17) is 4.74 Å². The summed E-state index contributed by atoms with van der Waals surface area (Å²) in [7, 11) is 0. The monoisotopic (exact) mass is 308 g/mol. The first kappa shape index (κ1) is 12.5. The predicted molar refractivity (Wildman–Crippen MR) is 69.4 cm³/mol. The average Bonchev–Trinajstić information content (AvgIpc) is 2.38. The third-order valence-electron chi connectivity index (χ3n) is 2.24. The van der Waals surface area contributed by atoms with Gasteiger partial charge in [-0.1, -0.05) is 6.07 Å². The molecule has 2 rings (SSSR count). The number of nitrogens with zero attached hydrogens (tertiary/aromatic N) is 2. The van der Waals surface area contributed by atoms with E-state index in [0.29, 0.717) is 16.8 Å². The summed E-state index contributed by atoms with van der Waals surface area (Å²) in [5.74, 6) is 0.438. The van der Waals surface area contributed by atoms with Crippen LogP contribution in [0.25, 0.3) is 0 Å². The van der Waals surface area contributed by atoms with Crippen molar-refractivity contribution in [2.45, 2.75) is 6.61 Å². The molecule has 1 aromatic heterocycles. The summed E-state index contributed by atoms with van der Waals surface area (Å²) in [5, 5.41) is 10.7. The first-order valence-electron chi connectivity index (χ1n) is 5.12. The summed E-state index contributed by atoms with van der Waals surface area (Å²) in [5.41, 5.74) is 0.898. The summed E-state index contributed by atoms with van der Waals surface area (Å²) in [6.45, 7) is 0.313. The Morgan fingerprint density at radius 2 is 2.22 bits per heavy atom. The van der Waals surface area contributed by atoms with Crippen LogP contribution in [-0.2, 0) is 6.61 Å². The molecule has 0 amide bonds. The Hall–Kier alpha value is -1.95. The highest BCUT2D eigenvalue weighted by atomic mass is 79.9. The van der Waals surface area contributed by atoms with Crippen molar-refractivity contribution < 1.29 is 9.66 Å². The van der Waals surface area contributed by atoms with E-state index < -0.39 is 4.92 Å². The topological polar surface area (TPSA) is 65.3 Å². The molecule has 0 aliphatic carbocycles. The maximum atomic E-state index is 10.7. The highest BCUT2D eigenvalue weighted by molar-refractivity contribution is 9.10. The van der Waals surface area contributed by atoms with Gasteiger partial charge >= 0.3 is 0 Å². The Labute approximate surface area is 112 Å². The van der Waals surface area contributed by atoms with Crippen LogP contribution in [0.5, 0.6) is 5.75 Å². The van der Waals surface area contributed by atoms with Crippen LogP contribution in [0.3, 0.4) is 0 Å². The molecule has 0 aliphatic rings. The van der Waals surface area contributed by atoms with E-state index in [2.05, 4.69) is 20.9 Å². The van der Waals surface area contributed by atoms with Gasteiger partial charge in [0.15, 0.2) is 0 Å². The second-order valence-corrected chi connectivity index (χ2v) is 4.38. The van der Waals surface area contributed by atoms with Gasteiger partial charge in [-0.25, -0.2) is 0 Å². The van der Waals surface area contributed by atoms with Gasteiger partial charge < -0.3 is 4.74 Å². The van der Waals surface area contributed by atoms with Gasteiger partial charge in [-0.2, -0.15) is 0 Å². The SMILES string of the molecule is O=[N+]([O-])c1ccc(Br)c(OCc2cccnc2)c1. The van der Waals surface area contributed by atoms with Crippen molar-refractivity contribution in [1.82, 2.24) is 4.98 Å². The van der Waals surface area contributed by atoms with Gasteiger partial charge in [0, 0.05) is 24.0 Å². The number of halogens is 1. The number of hydrogen-bond acceptors (Lipinski definition) is 4. The van der Waals surface area contributed by atoms with Gasteiger partial charge in [-0.05, 0) is 28.1 Å². The third-order valence-corrected chi connectivity index (χ3v) is 2.90. The number of nitro benzene ring substituents is 1. The van der Waals surface area contributed by atoms with E-state index in [-0.39, 0.29) is 5.69 Å². The minimum Gasteiger partial charge on any atom is -0.487 e. The predicted octanol–water partition coefficient (Wildman–Crippen LogP) is 3.33. The molecule has 0 unspecified atom stereocenters. The Morgan fingerprint density at radius 1 is 1.39 bits per heavy atom. The number of benzene rings is 1. The Balaban J connectivity index is 2.14.